The SMILES string of the molecule is CCOc1ccccc1C1(OC(=O)N2CCN(C3CCN(C)CC3)CC2)C(=O)N(S(=O)(=O)c2ccccn2)c2ccc(Cl)cc21. The van der Waals surface area contributed by atoms with Crippen LogP contribution in [0.3, 0.4) is 0 Å². The molecule has 0 N–H and O–H groups in total. The molecule has 1 atom stereocenters. The Labute approximate surface area is 268 Å². The number of pyridine rings is 1. The average molecular weight is 654 g/mol. The molecule has 1 unspecified atom stereocenters. The number of para-hydroxylation sites is 1. The number of halogens is 1. The highest BCUT2D eigenvalue weighted by atomic mass is 35.5. The van der Waals surface area contributed by atoms with Crippen molar-refractivity contribution in [2.75, 3.05) is 57.2 Å². The molecule has 3 aliphatic heterocycles. The largest absolute Gasteiger partial charge is 0.493 e. The van der Waals surface area contributed by atoms with Gasteiger partial charge in [0.25, 0.3) is 15.9 Å². The van der Waals surface area contributed by atoms with E-state index in [9.17, 15) is 18.0 Å². The van der Waals surface area contributed by atoms with Crippen molar-refractivity contribution < 1.29 is 27.5 Å². The standard InChI is InChI=1S/C32H36ClN5O6S/c1-3-43-28-9-5-4-8-25(28)32(44-31(40)37-20-18-36(19-21-37)24-13-16-35(2)17-14-24)26-22-23(33)11-12-27(26)38(30(32)39)45(41,42)29-10-6-7-15-34-29/h4-12,15,22,24H,3,13-14,16-21H2,1-2H3. The lowest BCUT2D eigenvalue weighted by Crippen LogP contribution is -2.55. The van der Waals surface area contributed by atoms with Crippen LogP contribution < -0.4 is 9.04 Å². The molecule has 45 heavy (non-hydrogen) atoms. The van der Waals surface area contributed by atoms with Crippen molar-refractivity contribution >= 4 is 39.3 Å². The number of carbonyl (C=O) groups excluding carboxylic acids is 2. The third kappa shape index (κ3) is 5.65. The molecule has 2 saturated heterocycles. The van der Waals surface area contributed by atoms with Gasteiger partial charge in [-0.05, 0) is 76.3 Å². The van der Waals surface area contributed by atoms with Gasteiger partial charge in [-0.2, -0.15) is 12.7 Å². The summed E-state index contributed by atoms with van der Waals surface area (Å²) in [5.41, 5.74) is -1.89. The van der Waals surface area contributed by atoms with E-state index in [0.717, 1.165) is 25.9 Å². The Morgan fingerprint density at radius 1 is 0.978 bits per heavy atom. The summed E-state index contributed by atoms with van der Waals surface area (Å²) in [4.78, 5) is 39.2. The van der Waals surface area contributed by atoms with E-state index >= 15 is 0 Å². The maximum atomic E-state index is 14.8. The van der Waals surface area contributed by atoms with Gasteiger partial charge in [-0.3, -0.25) is 9.69 Å². The second-order valence-corrected chi connectivity index (χ2v) is 13.6. The summed E-state index contributed by atoms with van der Waals surface area (Å²) in [5, 5.41) is -0.0933. The number of ether oxygens (including phenoxy) is 2. The number of aromatic nitrogens is 1. The number of likely N-dealkylation sites (tertiary alicyclic amines) is 1. The number of benzene rings is 2. The first-order valence-corrected chi connectivity index (χ1v) is 16.9. The van der Waals surface area contributed by atoms with Crippen molar-refractivity contribution in [2.45, 2.75) is 36.4 Å². The van der Waals surface area contributed by atoms with Crippen LogP contribution >= 0.6 is 11.6 Å². The van der Waals surface area contributed by atoms with Crippen LogP contribution in [0.25, 0.3) is 0 Å². The Balaban J connectivity index is 1.41. The second-order valence-electron chi connectivity index (χ2n) is 11.4. The van der Waals surface area contributed by atoms with Crippen molar-refractivity contribution in [3.63, 3.8) is 0 Å². The van der Waals surface area contributed by atoms with Crippen molar-refractivity contribution in [3.05, 3.63) is 83.0 Å². The summed E-state index contributed by atoms with van der Waals surface area (Å²) in [6.45, 7) is 6.27. The molecule has 238 valence electrons. The first-order chi connectivity index (χ1) is 21.7. The zero-order valence-corrected chi connectivity index (χ0v) is 26.8. The number of fused-ring (bicyclic) bond motifs is 1. The third-order valence-corrected chi connectivity index (χ3v) is 10.6. The van der Waals surface area contributed by atoms with Crippen LogP contribution in [-0.2, 0) is 25.2 Å². The van der Waals surface area contributed by atoms with E-state index in [2.05, 4.69) is 21.8 Å². The Bertz CT molecular complexity index is 1680. The molecule has 3 aromatic rings. The van der Waals surface area contributed by atoms with Crippen molar-refractivity contribution in [1.82, 2.24) is 19.7 Å². The molecule has 4 heterocycles. The molecule has 2 aromatic carbocycles. The normalized spacial score (nSPS) is 21.5. The van der Waals surface area contributed by atoms with Gasteiger partial charge in [-0.1, -0.05) is 35.9 Å². The van der Waals surface area contributed by atoms with E-state index in [1.165, 1.54) is 36.5 Å². The molecule has 3 aliphatic rings. The zero-order valence-electron chi connectivity index (χ0n) is 25.3. The minimum Gasteiger partial charge on any atom is -0.493 e. The number of nitrogens with zero attached hydrogens (tertiary/aromatic N) is 5. The van der Waals surface area contributed by atoms with Crippen LogP contribution in [0.1, 0.15) is 30.9 Å². The summed E-state index contributed by atoms with van der Waals surface area (Å²) >= 11 is 6.47. The van der Waals surface area contributed by atoms with E-state index in [-0.39, 0.29) is 39.2 Å². The molecule has 11 nitrogen and oxygen atoms in total. The summed E-state index contributed by atoms with van der Waals surface area (Å²) in [6.07, 6.45) is 2.75. The number of hydrogen-bond donors (Lipinski definition) is 0. The molecule has 0 saturated carbocycles. The Kier molecular flexibility index (Phi) is 8.75. The van der Waals surface area contributed by atoms with E-state index in [1.54, 1.807) is 42.2 Å². The van der Waals surface area contributed by atoms with Gasteiger partial charge in [0.2, 0.25) is 5.60 Å². The van der Waals surface area contributed by atoms with Gasteiger partial charge in [0.15, 0.2) is 5.03 Å². The van der Waals surface area contributed by atoms with Gasteiger partial charge in [-0.25, -0.2) is 9.78 Å². The van der Waals surface area contributed by atoms with Gasteiger partial charge >= 0.3 is 6.09 Å². The number of piperazine rings is 1. The van der Waals surface area contributed by atoms with Crippen LogP contribution in [0.2, 0.25) is 5.02 Å². The third-order valence-electron chi connectivity index (χ3n) is 8.77. The summed E-state index contributed by atoms with van der Waals surface area (Å²) in [6, 6.07) is 15.9. The second kappa shape index (κ2) is 12.6. The fraction of sp³-hybridized carbons (Fsp3) is 0.406. The average Bonchev–Trinajstić information content (AvgIpc) is 3.30. The molecule has 6 rings (SSSR count). The van der Waals surface area contributed by atoms with Gasteiger partial charge in [0.05, 0.1) is 17.9 Å². The van der Waals surface area contributed by atoms with Crippen molar-refractivity contribution in [3.8, 4) is 5.75 Å². The van der Waals surface area contributed by atoms with Crippen LogP contribution in [0.5, 0.6) is 5.75 Å². The first-order valence-electron chi connectivity index (χ1n) is 15.1. The summed E-state index contributed by atoms with van der Waals surface area (Å²) in [7, 11) is -2.40. The lowest BCUT2D eigenvalue weighted by Gasteiger charge is -2.42. The van der Waals surface area contributed by atoms with Crippen LogP contribution in [0.4, 0.5) is 10.5 Å². The van der Waals surface area contributed by atoms with Crippen LogP contribution in [-0.4, -0.2) is 99.1 Å². The number of piperidine rings is 1. The van der Waals surface area contributed by atoms with Crippen molar-refractivity contribution in [2.24, 2.45) is 0 Å². The quantitative estimate of drug-likeness (QED) is 0.374. The van der Waals surface area contributed by atoms with Gasteiger partial charge in [-0.15, -0.1) is 0 Å². The van der Waals surface area contributed by atoms with Gasteiger partial charge in [0, 0.05) is 49.0 Å². The maximum Gasteiger partial charge on any atom is 0.411 e. The molecule has 0 spiro atoms. The Hall–Kier alpha value is -3.71. The van der Waals surface area contributed by atoms with Crippen molar-refractivity contribution in [1.29, 1.82) is 0 Å². The molecular formula is C32H36ClN5O6S. The number of carbonyl (C=O) groups is 2. The number of sulfonamides is 1. The number of rotatable bonds is 7. The Morgan fingerprint density at radius 3 is 2.38 bits per heavy atom. The fourth-order valence-corrected chi connectivity index (χ4v) is 8.01. The maximum absolute atomic E-state index is 14.8. The first kappa shape index (κ1) is 31.3. The molecule has 1 aromatic heterocycles. The topological polar surface area (TPSA) is 113 Å². The van der Waals surface area contributed by atoms with Crippen LogP contribution in [0.15, 0.2) is 71.9 Å². The van der Waals surface area contributed by atoms with E-state index in [1.807, 2.05) is 0 Å². The molecule has 0 radical (unpaired) electrons. The minimum absolute atomic E-state index is 0.0150. The molecule has 13 heteroatoms. The zero-order chi connectivity index (χ0) is 31.8. The molecule has 0 bridgehead atoms. The molecule has 2 fully saturated rings. The number of anilines is 1. The predicted octanol–water partition coefficient (Wildman–Crippen LogP) is 3.96. The predicted molar refractivity (Wildman–Crippen MR) is 169 cm³/mol. The highest BCUT2D eigenvalue weighted by molar-refractivity contribution is 7.93. The summed E-state index contributed by atoms with van der Waals surface area (Å²) in [5.74, 6) is -0.716. The highest BCUT2D eigenvalue weighted by Crippen LogP contribution is 2.52. The molecule has 0 aliphatic carbocycles. The Morgan fingerprint density at radius 2 is 1.69 bits per heavy atom. The summed E-state index contributed by atoms with van der Waals surface area (Å²) < 4.78 is 40.9. The minimum atomic E-state index is -4.53. The van der Waals surface area contributed by atoms with Gasteiger partial charge in [0.1, 0.15) is 5.75 Å². The number of amides is 2. The highest BCUT2D eigenvalue weighted by Gasteiger charge is 2.61. The monoisotopic (exact) mass is 653 g/mol. The number of hydrogen-bond acceptors (Lipinski definition) is 9. The van der Waals surface area contributed by atoms with E-state index in [0.29, 0.717) is 36.5 Å². The fourth-order valence-electron chi connectivity index (χ4n) is 6.44. The lowest BCUT2D eigenvalue weighted by atomic mass is 9.86. The smallest absolute Gasteiger partial charge is 0.411 e. The molecular weight excluding hydrogens is 618 g/mol. The molecule has 2 amide bonds. The van der Waals surface area contributed by atoms with E-state index < -0.39 is 27.6 Å². The van der Waals surface area contributed by atoms with Gasteiger partial charge < -0.3 is 19.3 Å². The van der Waals surface area contributed by atoms with Crippen LogP contribution in [0, 0.1) is 0 Å². The van der Waals surface area contributed by atoms with E-state index in [4.69, 9.17) is 21.1 Å². The lowest BCUT2D eigenvalue weighted by molar-refractivity contribution is -0.132.